The number of hydrogen-bond acceptors (Lipinski definition) is 4. The third kappa shape index (κ3) is 3.28. The van der Waals surface area contributed by atoms with E-state index in [9.17, 15) is 8.42 Å². The highest BCUT2D eigenvalue weighted by atomic mass is 35.5. The molecule has 6 heteroatoms. The Bertz CT molecular complexity index is 445. The van der Waals surface area contributed by atoms with E-state index in [4.69, 9.17) is 22.1 Å². The summed E-state index contributed by atoms with van der Waals surface area (Å²) in [4.78, 5) is 0.182. The summed E-state index contributed by atoms with van der Waals surface area (Å²) in [6, 6.07) is 4.34. The number of benzene rings is 1. The van der Waals surface area contributed by atoms with Gasteiger partial charge in [0.1, 0.15) is 12.4 Å². The standard InChI is InChI=1S/C9H12ClNO3S/c1-15(12,13)7-2-3-8(11)9(6-7)14-5-4-10/h2-3,6H,4-5,11H2,1H3. The van der Waals surface area contributed by atoms with Crippen molar-refractivity contribution in [3.63, 3.8) is 0 Å². The van der Waals surface area contributed by atoms with Crippen LogP contribution in [0.4, 0.5) is 5.69 Å². The first-order chi connectivity index (χ1) is 6.95. The number of sulfone groups is 1. The van der Waals surface area contributed by atoms with Crippen molar-refractivity contribution in [2.45, 2.75) is 4.90 Å². The molecule has 0 bridgehead atoms. The van der Waals surface area contributed by atoms with E-state index >= 15 is 0 Å². The summed E-state index contributed by atoms with van der Waals surface area (Å²) in [5.41, 5.74) is 6.01. The van der Waals surface area contributed by atoms with Gasteiger partial charge in [0.2, 0.25) is 0 Å². The van der Waals surface area contributed by atoms with Crippen molar-refractivity contribution in [3.05, 3.63) is 18.2 Å². The van der Waals surface area contributed by atoms with Crippen LogP contribution in [-0.2, 0) is 9.84 Å². The first-order valence-electron chi connectivity index (χ1n) is 4.23. The molecule has 15 heavy (non-hydrogen) atoms. The van der Waals surface area contributed by atoms with Gasteiger partial charge in [-0.1, -0.05) is 0 Å². The molecule has 0 aliphatic heterocycles. The van der Waals surface area contributed by atoms with Crippen molar-refractivity contribution in [1.82, 2.24) is 0 Å². The number of halogens is 1. The predicted molar refractivity (Wildman–Crippen MR) is 60.2 cm³/mol. The molecule has 0 spiro atoms. The molecule has 1 aromatic carbocycles. The lowest BCUT2D eigenvalue weighted by Gasteiger charge is -2.08. The molecule has 0 atom stereocenters. The zero-order valence-corrected chi connectivity index (χ0v) is 9.81. The number of nitrogen functional groups attached to an aromatic ring is 1. The van der Waals surface area contributed by atoms with Crippen LogP contribution >= 0.6 is 11.6 Å². The van der Waals surface area contributed by atoms with Crippen molar-refractivity contribution < 1.29 is 13.2 Å². The molecule has 0 unspecified atom stereocenters. The summed E-state index contributed by atoms with van der Waals surface area (Å²) in [6.45, 7) is 0.291. The minimum Gasteiger partial charge on any atom is -0.490 e. The normalized spacial score (nSPS) is 11.3. The molecule has 84 valence electrons. The lowest BCUT2D eigenvalue weighted by molar-refractivity contribution is 0.343. The number of hydrogen-bond donors (Lipinski definition) is 1. The average molecular weight is 250 g/mol. The van der Waals surface area contributed by atoms with Crippen LogP contribution in [-0.4, -0.2) is 27.2 Å². The van der Waals surface area contributed by atoms with Crippen LogP contribution in [0.5, 0.6) is 5.75 Å². The van der Waals surface area contributed by atoms with E-state index in [-0.39, 0.29) is 4.90 Å². The number of rotatable bonds is 4. The van der Waals surface area contributed by atoms with Gasteiger partial charge in [-0.15, -0.1) is 11.6 Å². The Labute approximate surface area is 93.9 Å². The maximum Gasteiger partial charge on any atom is 0.175 e. The average Bonchev–Trinajstić information content (AvgIpc) is 2.15. The van der Waals surface area contributed by atoms with Crippen molar-refractivity contribution in [3.8, 4) is 5.75 Å². The van der Waals surface area contributed by atoms with Gasteiger partial charge < -0.3 is 10.5 Å². The first-order valence-corrected chi connectivity index (χ1v) is 6.66. The topological polar surface area (TPSA) is 69.4 Å². The largest absolute Gasteiger partial charge is 0.490 e. The fourth-order valence-electron chi connectivity index (χ4n) is 1.02. The minimum atomic E-state index is -3.24. The van der Waals surface area contributed by atoms with Gasteiger partial charge in [-0.05, 0) is 12.1 Å². The van der Waals surface area contributed by atoms with Crippen LogP contribution in [0.25, 0.3) is 0 Å². The Morgan fingerprint density at radius 3 is 2.67 bits per heavy atom. The van der Waals surface area contributed by atoms with Gasteiger partial charge in [-0.25, -0.2) is 8.42 Å². The summed E-state index contributed by atoms with van der Waals surface area (Å²) in [7, 11) is -3.24. The van der Waals surface area contributed by atoms with E-state index < -0.39 is 9.84 Å². The van der Waals surface area contributed by atoms with E-state index in [1.54, 1.807) is 0 Å². The van der Waals surface area contributed by atoms with E-state index in [2.05, 4.69) is 0 Å². The molecular formula is C9H12ClNO3S. The van der Waals surface area contributed by atoms with Crippen LogP contribution in [0, 0.1) is 0 Å². The molecule has 0 saturated carbocycles. The molecule has 2 N–H and O–H groups in total. The third-order valence-corrected chi connectivity index (χ3v) is 3.01. The highest BCUT2D eigenvalue weighted by Crippen LogP contribution is 2.25. The van der Waals surface area contributed by atoms with Crippen molar-refractivity contribution in [2.75, 3.05) is 24.5 Å². The fourth-order valence-corrected chi connectivity index (χ4v) is 1.73. The van der Waals surface area contributed by atoms with Crippen molar-refractivity contribution in [2.24, 2.45) is 0 Å². The van der Waals surface area contributed by atoms with Crippen LogP contribution in [0.15, 0.2) is 23.1 Å². The van der Waals surface area contributed by atoms with Gasteiger partial charge in [0.25, 0.3) is 0 Å². The summed E-state index contributed by atoms with van der Waals surface area (Å²) in [5, 5.41) is 0. The highest BCUT2D eigenvalue weighted by Gasteiger charge is 2.10. The molecule has 0 saturated heterocycles. The highest BCUT2D eigenvalue weighted by molar-refractivity contribution is 7.90. The summed E-state index contributed by atoms with van der Waals surface area (Å²) in [5.74, 6) is 0.668. The van der Waals surface area contributed by atoms with Gasteiger partial charge in [0.05, 0.1) is 16.5 Å². The molecule has 1 rings (SSSR count). The molecule has 0 radical (unpaired) electrons. The number of anilines is 1. The summed E-state index contributed by atoms with van der Waals surface area (Å²) in [6.07, 6.45) is 1.13. The van der Waals surface area contributed by atoms with Gasteiger partial charge in [-0.3, -0.25) is 0 Å². The molecule has 0 aliphatic carbocycles. The maximum absolute atomic E-state index is 11.2. The quantitative estimate of drug-likeness (QED) is 0.645. The Balaban J connectivity index is 3.06. The lowest BCUT2D eigenvalue weighted by Crippen LogP contribution is -2.03. The zero-order chi connectivity index (χ0) is 11.5. The Morgan fingerprint density at radius 1 is 1.47 bits per heavy atom. The number of ether oxygens (including phenoxy) is 1. The predicted octanol–water partition coefficient (Wildman–Crippen LogP) is 1.29. The second-order valence-corrected chi connectivity index (χ2v) is 5.40. The number of alkyl halides is 1. The van der Waals surface area contributed by atoms with Gasteiger partial charge in [-0.2, -0.15) is 0 Å². The lowest BCUT2D eigenvalue weighted by atomic mass is 10.3. The summed E-state index contributed by atoms with van der Waals surface area (Å²) < 4.78 is 27.7. The van der Waals surface area contributed by atoms with Gasteiger partial charge in [0, 0.05) is 12.3 Å². The van der Waals surface area contributed by atoms with E-state index in [1.807, 2.05) is 0 Å². The Kier molecular flexibility index (Phi) is 3.82. The molecular weight excluding hydrogens is 238 g/mol. The zero-order valence-electron chi connectivity index (χ0n) is 8.23. The molecule has 0 amide bonds. The molecule has 0 aliphatic rings. The van der Waals surface area contributed by atoms with Crippen molar-refractivity contribution >= 4 is 27.1 Å². The second kappa shape index (κ2) is 4.72. The van der Waals surface area contributed by atoms with Crippen LogP contribution < -0.4 is 10.5 Å². The SMILES string of the molecule is CS(=O)(=O)c1ccc(N)c(OCCCl)c1. The maximum atomic E-state index is 11.2. The molecule has 4 nitrogen and oxygen atoms in total. The monoisotopic (exact) mass is 249 g/mol. The second-order valence-electron chi connectivity index (χ2n) is 3.01. The third-order valence-electron chi connectivity index (χ3n) is 1.75. The smallest absolute Gasteiger partial charge is 0.175 e. The summed E-state index contributed by atoms with van der Waals surface area (Å²) >= 11 is 5.45. The van der Waals surface area contributed by atoms with E-state index in [0.29, 0.717) is 23.9 Å². The Hall–Kier alpha value is -0.940. The molecule has 0 aromatic heterocycles. The fraction of sp³-hybridized carbons (Fsp3) is 0.333. The molecule has 1 aromatic rings. The Morgan fingerprint density at radius 2 is 2.13 bits per heavy atom. The van der Waals surface area contributed by atoms with Crippen LogP contribution in [0.1, 0.15) is 0 Å². The van der Waals surface area contributed by atoms with Gasteiger partial charge >= 0.3 is 0 Å². The minimum absolute atomic E-state index is 0.182. The van der Waals surface area contributed by atoms with Crippen LogP contribution in [0.2, 0.25) is 0 Å². The molecule has 0 heterocycles. The van der Waals surface area contributed by atoms with Crippen molar-refractivity contribution in [1.29, 1.82) is 0 Å². The van der Waals surface area contributed by atoms with E-state index in [0.717, 1.165) is 6.26 Å². The first kappa shape index (κ1) is 12.1. The van der Waals surface area contributed by atoms with Gasteiger partial charge in [0.15, 0.2) is 9.84 Å². The van der Waals surface area contributed by atoms with Crippen LogP contribution in [0.3, 0.4) is 0 Å². The number of nitrogens with two attached hydrogens (primary N) is 1. The molecule has 0 fully saturated rings. The van der Waals surface area contributed by atoms with E-state index in [1.165, 1.54) is 18.2 Å².